The number of aromatic nitrogens is 2. The first-order valence-corrected chi connectivity index (χ1v) is 10.0. The van der Waals surface area contributed by atoms with Crippen LogP contribution in [0.4, 0.5) is 0 Å². The summed E-state index contributed by atoms with van der Waals surface area (Å²) < 4.78 is 0. The van der Waals surface area contributed by atoms with E-state index < -0.39 is 0 Å². The normalized spacial score (nSPS) is 10.7. The number of hydrogen-bond donors (Lipinski definition) is 0. The molecule has 2 heteroatoms. The summed E-state index contributed by atoms with van der Waals surface area (Å²) in [5, 5.41) is 0. The van der Waals surface area contributed by atoms with Crippen LogP contribution in [0.3, 0.4) is 0 Å². The fourth-order valence-corrected chi connectivity index (χ4v) is 3.56. The molecule has 2 nitrogen and oxygen atoms in total. The molecule has 0 bridgehead atoms. The molecule has 142 valence electrons. The highest BCUT2D eigenvalue weighted by Crippen LogP contribution is 2.26. The van der Waals surface area contributed by atoms with E-state index in [4.69, 9.17) is 4.98 Å². The first-order chi connectivity index (χ1) is 14.9. The minimum atomic E-state index is 0.735. The molecule has 0 atom stereocenters. The van der Waals surface area contributed by atoms with Gasteiger partial charge in [0.15, 0.2) is 5.82 Å². The summed E-state index contributed by atoms with van der Waals surface area (Å²) in [6.45, 7) is 0. The van der Waals surface area contributed by atoms with E-state index in [1.165, 1.54) is 22.3 Å². The van der Waals surface area contributed by atoms with Gasteiger partial charge in [0, 0.05) is 17.3 Å². The Bertz CT molecular complexity index is 1150. The van der Waals surface area contributed by atoms with Gasteiger partial charge in [0.2, 0.25) is 0 Å². The van der Waals surface area contributed by atoms with Gasteiger partial charge in [-0.15, -0.1) is 0 Å². The molecule has 4 aromatic carbocycles. The van der Waals surface area contributed by atoms with E-state index in [0.29, 0.717) is 0 Å². The van der Waals surface area contributed by atoms with Crippen LogP contribution in [0.2, 0.25) is 0 Å². The van der Waals surface area contributed by atoms with E-state index in [1.54, 1.807) is 0 Å². The van der Waals surface area contributed by atoms with Crippen molar-refractivity contribution in [1.29, 1.82) is 0 Å². The second-order valence-electron chi connectivity index (χ2n) is 7.15. The summed E-state index contributed by atoms with van der Waals surface area (Å²) in [6.07, 6.45) is 1.83. The predicted molar refractivity (Wildman–Crippen MR) is 124 cm³/mol. The molecule has 0 saturated carbocycles. The Kier molecular flexibility index (Phi) is 4.89. The van der Waals surface area contributed by atoms with Gasteiger partial charge >= 0.3 is 0 Å². The minimum Gasteiger partial charge on any atom is -0.237 e. The van der Waals surface area contributed by atoms with Crippen LogP contribution < -0.4 is 0 Å². The molecule has 0 radical (unpaired) electrons. The summed E-state index contributed by atoms with van der Waals surface area (Å²) in [7, 11) is 0. The second-order valence-corrected chi connectivity index (χ2v) is 7.15. The van der Waals surface area contributed by atoms with Crippen LogP contribution in [0.15, 0.2) is 121 Å². The third kappa shape index (κ3) is 3.76. The summed E-state index contributed by atoms with van der Waals surface area (Å²) in [5.74, 6) is 0.735. The standard InChI is InChI=1S/C28H20N2/c1-3-7-21(8-4-1)23-11-15-25(16-12-23)27-19-20-29-28(30-27)26-17-13-24(14-18-26)22-9-5-2-6-10-22/h1-20H. The van der Waals surface area contributed by atoms with E-state index >= 15 is 0 Å². The molecule has 0 unspecified atom stereocenters. The average Bonchev–Trinajstić information content (AvgIpc) is 2.85. The highest BCUT2D eigenvalue weighted by molar-refractivity contribution is 5.71. The van der Waals surface area contributed by atoms with Crippen LogP contribution in [0.5, 0.6) is 0 Å². The molecule has 0 fully saturated rings. The average molecular weight is 384 g/mol. The molecule has 1 aromatic heterocycles. The van der Waals surface area contributed by atoms with Crippen molar-refractivity contribution in [2.45, 2.75) is 0 Å². The molecule has 0 saturated heterocycles. The van der Waals surface area contributed by atoms with Gasteiger partial charge in [-0.05, 0) is 28.3 Å². The Balaban J connectivity index is 1.42. The van der Waals surface area contributed by atoms with Crippen molar-refractivity contribution in [2.75, 3.05) is 0 Å². The van der Waals surface area contributed by atoms with Gasteiger partial charge in [-0.1, -0.05) is 109 Å². The number of nitrogens with zero attached hydrogens (tertiary/aromatic N) is 2. The van der Waals surface area contributed by atoms with E-state index in [9.17, 15) is 0 Å². The maximum atomic E-state index is 4.81. The lowest BCUT2D eigenvalue weighted by molar-refractivity contribution is 1.18. The first kappa shape index (κ1) is 18.0. The molecule has 5 aromatic rings. The molecule has 0 amide bonds. The molecule has 0 aliphatic heterocycles. The van der Waals surface area contributed by atoms with Gasteiger partial charge in [-0.2, -0.15) is 0 Å². The fourth-order valence-electron chi connectivity index (χ4n) is 3.56. The number of hydrogen-bond acceptors (Lipinski definition) is 2. The molecule has 5 rings (SSSR count). The van der Waals surface area contributed by atoms with Crippen molar-refractivity contribution >= 4 is 0 Å². The van der Waals surface area contributed by atoms with Crippen molar-refractivity contribution in [3.63, 3.8) is 0 Å². The van der Waals surface area contributed by atoms with Gasteiger partial charge in [-0.25, -0.2) is 9.97 Å². The zero-order valence-electron chi connectivity index (χ0n) is 16.4. The SMILES string of the molecule is c1ccc(-c2ccc(-c3ccnc(-c4ccc(-c5ccccc5)cc4)n3)cc2)cc1. The quantitative estimate of drug-likeness (QED) is 0.329. The monoisotopic (exact) mass is 384 g/mol. The molecule has 30 heavy (non-hydrogen) atoms. The predicted octanol–water partition coefficient (Wildman–Crippen LogP) is 7.14. The summed E-state index contributed by atoms with van der Waals surface area (Å²) >= 11 is 0. The van der Waals surface area contributed by atoms with Gasteiger partial charge in [0.05, 0.1) is 5.69 Å². The zero-order chi connectivity index (χ0) is 20.2. The number of benzene rings is 4. The molecule has 1 heterocycles. The van der Waals surface area contributed by atoms with Gasteiger partial charge in [-0.3, -0.25) is 0 Å². The Morgan fingerprint density at radius 3 is 1.33 bits per heavy atom. The van der Waals surface area contributed by atoms with Crippen LogP contribution in [0.1, 0.15) is 0 Å². The van der Waals surface area contributed by atoms with E-state index in [0.717, 1.165) is 22.6 Å². The van der Waals surface area contributed by atoms with Crippen LogP contribution in [0, 0.1) is 0 Å². The van der Waals surface area contributed by atoms with Crippen LogP contribution in [-0.4, -0.2) is 9.97 Å². The minimum absolute atomic E-state index is 0.735. The van der Waals surface area contributed by atoms with Crippen LogP contribution in [-0.2, 0) is 0 Å². The highest BCUT2D eigenvalue weighted by atomic mass is 14.9. The lowest BCUT2D eigenvalue weighted by Crippen LogP contribution is -1.92. The third-order valence-electron chi connectivity index (χ3n) is 5.19. The topological polar surface area (TPSA) is 25.8 Å². The fraction of sp³-hybridized carbons (Fsp3) is 0. The molecular formula is C28H20N2. The van der Waals surface area contributed by atoms with E-state index in [-0.39, 0.29) is 0 Å². The molecular weight excluding hydrogens is 364 g/mol. The Morgan fingerprint density at radius 2 is 0.800 bits per heavy atom. The second kappa shape index (κ2) is 8.14. The van der Waals surface area contributed by atoms with Gasteiger partial charge in [0.25, 0.3) is 0 Å². The lowest BCUT2D eigenvalue weighted by Gasteiger charge is -2.07. The maximum absolute atomic E-state index is 4.81. The Morgan fingerprint density at radius 1 is 0.367 bits per heavy atom. The molecule has 0 N–H and O–H groups in total. The Labute approximate surface area is 176 Å². The van der Waals surface area contributed by atoms with E-state index in [1.807, 2.05) is 24.4 Å². The largest absolute Gasteiger partial charge is 0.237 e. The number of rotatable bonds is 4. The van der Waals surface area contributed by atoms with E-state index in [2.05, 4.69) is 102 Å². The van der Waals surface area contributed by atoms with Crippen LogP contribution >= 0.6 is 0 Å². The summed E-state index contributed by atoms with van der Waals surface area (Å²) in [6, 6.07) is 39.6. The smallest absolute Gasteiger partial charge is 0.159 e. The lowest BCUT2D eigenvalue weighted by atomic mass is 10.0. The van der Waals surface area contributed by atoms with Crippen molar-refractivity contribution < 1.29 is 0 Å². The van der Waals surface area contributed by atoms with Gasteiger partial charge in [0.1, 0.15) is 0 Å². The van der Waals surface area contributed by atoms with Crippen molar-refractivity contribution in [1.82, 2.24) is 9.97 Å². The first-order valence-electron chi connectivity index (χ1n) is 10.0. The van der Waals surface area contributed by atoms with Crippen LogP contribution in [0.25, 0.3) is 44.9 Å². The van der Waals surface area contributed by atoms with Gasteiger partial charge < -0.3 is 0 Å². The molecule has 0 aliphatic rings. The van der Waals surface area contributed by atoms with Crippen molar-refractivity contribution in [2.24, 2.45) is 0 Å². The Hall–Kier alpha value is -4.04. The highest BCUT2D eigenvalue weighted by Gasteiger charge is 2.06. The maximum Gasteiger partial charge on any atom is 0.159 e. The third-order valence-corrected chi connectivity index (χ3v) is 5.19. The van der Waals surface area contributed by atoms with Crippen molar-refractivity contribution in [3.05, 3.63) is 121 Å². The molecule has 0 spiro atoms. The molecule has 0 aliphatic carbocycles. The zero-order valence-corrected chi connectivity index (χ0v) is 16.4. The summed E-state index contributed by atoms with van der Waals surface area (Å²) in [5.41, 5.74) is 7.82. The van der Waals surface area contributed by atoms with Crippen molar-refractivity contribution in [3.8, 4) is 44.9 Å². The summed E-state index contributed by atoms with van der Waals surface area (Å²) in [4.78, 5) is 9.30.